The third-order valence-electron chi connectivity index (χ3n) is 6.16. The SMILES string of the molecule is CC(=O)N1CC2CN(C(=O)c3ccc(C)c(F)c3)CCC2(c2n[nH]c(C)n2)C1. The smallest absolute Gasteiger partial charge is 0.253 e. The molecular formula is C20H24FN5O2. The summed E-state index contributed by atoms with van der Waals surface area (Å²) in [6, 6.07) is 4.59. The summed E-state index contributed by atoms with van der Waals surface area (Å²) >= 11 is 0. The number of hydrogen-bond acceptors (Lipinski definition) is 4. The van der Waals surface area contributed by atoms with Gasteiger partial charge in [0.25, 0.3) is 5.91 Å². The van der Waals surface area contributed by atoms with Crippen LogP contribution in [0, 0.1) is 25.6 Å². The van der Waals surface area contributed by atoms with Crippen molar-refractivity contribution in [2.24, 2.45) is 5.92 Å². The minimum atomic E-state index is -0.378. The van der Waals surface area contributed by atoms with Gasteiger partial charge in [-0.05, 0) is 38.0 Å². The first kappa shape index (κ1) is 18.6. The Kier molecular flexibility index (Phi) is 4.44. The Morgan fingerprint density at radius 3 is 2.64 bits per heavy atom. The predicted molar refractivity (Wildman–Crippen MR) is 100 cm³/mol. The van der Waals surface area contributed by atoms with Gasteiger partial charge >= 0.3 is 0 Å². The Morgan fingerprint density at radius 1 is 1.25 bits per heavy atom. The number of H-pyrrole nitrogens is 1. The molecule has 1 aromatic heterocycles. The molecule has 3 heterocycles. The van der Waals surface area contributed by atoms with Gasteiger partial charge in [-0.15, -0.1) is 0 Å². The molecule has 2 aliphatic heterocycles. The number of nitrogens with one attached hydrogen (secondary N) is 1. The van der Waals surface area contributed by atoms with E-state index < -0.39 is 0 Å². The third kappa shape index (κ3) is 2.96. The minimum Gasteiger partial charge on any atom is -0.342 e. The van der Waals surface area contributed by atoms with Gasteiger partial charge in [0.2, 0.25) is 5.91 Å². The van der Waals surface area contributed by atoms with Crippen LogP contribution in [-0.4, -0.2) is 63.0 Å². The van der Waals surface area contributed by atoms with E-state index in [9.17, 15) is 14.0 Å². The van der Waals surface area contributed by atoms with Crippen LogP contribution in [0.5, 0.6) is 0 Å². The van der Waals surface area contributed by atoms with Crippen molar-refractivity contribution in [2.45, 2.75) is 32.6 Å². The van der Waals surface area contributed by atoms with E-state index in [1.165, 1.54) is 6.07 Å². The van der Waals surface area contributed by atoms with Crippen LogP contribution in [-0.2, 0) is 10.2 Å². The van der Waals surface area contributed by atoms with E-state index in [0.717, 1.165) is 5.82 Å². The van der Waals surface area contributed by atoms with Gasteiger partial charge in [-0.3, -0.25) is 14.7 Å². The number of rotatable bonds is 2. The monoisotopic (exact) mass is 385 g/mol. The highest BCUT2D eigenvalue weighted by Crippen LogP contribution is 2.44. The molecule has 7 nitrogen and oxygen atoms in total. The number of benzene rings is 1. The highest BCUT2D eigenvalue weighted by Gasteiger charge is 2.54. The first-order valence-corrected chi connectivity index (χ1v) is 9.50. The number of likely N-dealkylation sites (tertiary alicyclic amines) is 2. The average Bonchev–Trinajstić information content (AvgIpc) is 3.27. The van der Waals surface area contributed by atoms with Gasteiger partial charge in [0.05, 0.1) is 5.41 Å². The van der Waals surface area contributed by atoms with Crippen LogP contribution in [0.3, 0.4) is 0 Å². The molecule has 4 rings (SSSR count). The predicted octanol–water partition coefficient (Wildman–Crippen LogP) is 1.82. The zero-order valence-corrected chi connectivity index (χ0v) is 16.3. The van der Waals surface area contributed by atoms with Gasteiger partial charge in [0, 0.05) is 44.6 Å². The molecule has 2 aromatic rings. The van der Waals surface area contributed by atoms with E-state index in [4.69, 9.17) is 0 Å². The average molecular weight is 385 g/mol. The lowest BCUT2D eigenvalue weighted by molar-refractivity contribution is -0.128. The Hall–Kier alpha value is -2.77. The number of fused-ring (bicyclic) bond motifs is 1. The maximum Gasteiger partial charge on any atom is 0.253 e. The second-order valence-electron chi connectivity index (χ2n) is 7.96. The lowest BCUT2D eigenvalue weighted by atomic mass is 9.71. The molecule has 2 amide bonds. The molecule has 2 saturated heterocycles. The highest BCUT2D eigenvalue weighted by atomic mass is 19.1. The summed E-state index contributed by atoms with van der Waals surface area (Å²) in [4.78, 5) is 33.1. The van der Waals surface area contributed by atoms with Crippen molar-refractivity contribution in [1.29, 1.82) is 0 Å². The molecule has 1 N–H and O–H groups in total. The van der Waals surface area contributed by atoms with Crippen LogP contribution < -0.4 is 0 Å². The van der Waals surface area contributed by atoms with E-state index in [1.807, 2.05) is 11.8 Å². The molecule has 28 heavy (non-hydrogen) atoms. The van der Waals surface area contributed by atoms with E-state index in [2.05, 4.69) is 15.2 Å². The second-order valence-corrected chi connectivity index (χ2v) is 7.96. The molecule has 2 fully saturated rings. The topological polar surface area (TPSA) is 82.2 Å². The van der Waals surface area contributed by atoms with Gasteiger partial charge in [0.15, 0.2) is 5.82 Å². The second kappa shape index (κ2) is 6.68. The summed E-state index contributed by atoms with van der Waals surface area (Å²) in [7, 11) is 0. The summed E-state index contributed by atoms with van der Waals surface area (Å²) in [6.45, 7) is 7.22. The maximum absolute atomic E-state index is 13.9. The van der Waals surface area contributed by atoms with Crippen molar-refractivity contribution < 1.29 is 14.0 Å². The first-order valence-electron chi connectivity index (χ1n) is 9.50. The molecule has 2 aliphatic rings. The summed E-state index contributed by atoms with van der Waals surface area (Å²) in [5, 5.41) is 7.29. The van der Waals surface area contributed by atoms with Crippen molar-refractivity contribution in [3.05, 3.63) is 46.8 Å². The molecule has 0 bridgehead atoms. The lowest BCUT2D eigenvalue weighted by Crippen LogP contribution is -2.51. The Balaban J connectivity index is 1.61. The molecule has 0 saturated carbocycles. The van der Waals surface area contributed by atoms with Gasteiger partial charge in [-0.1, -0.05) is 6.07 Å². The molecular weight excluding hydrogens is 361 g/mol. The highest BCUT2D eigenvalue weighted by molar-refractivity contribution is 5.94. The van der Waals surface area contributed by atoms with Crippen LogP contribution in [0.4, 0.5) is 4.39 Å². The molecule has 8 heteroatoms. The van der Waals surface area contributed by atoms with Crippen LogP contribution in [0.15, 0.2) is 18.2 Å². The molecule has 1 aromatic carbocycles. The van der Waals surface area contributed by atoms with Crippen LogP contribution >= 0.6 is 0 Å². The largest absolute Gasteiger partial charge is 0.342 e. The minimum absolute atomic E-state index is 0.0134. The number of carbonyl (C=O) groups excluding carboxylic acids is 2. The van der Waals surface area contributed by atoms with Gasteiger partial charge in [-0.25, -0.2) is 9.37 Å². The Labute approximate surface area is 162 Å². The Morgan fingerprint density at radius 2 is 2.00 bits per heavy atom. The molecule has 2 unspecified atom stereocenters. The van der Waals surface area contributed by atoms with Gasteiger partial charge in [0.1, 0.15) is 11.6 Å². The normalized spacial score (nSPS) is 24.4. The van der Waals surface area contributed by atoms with Crippen molar-refractivity contribution in [2.75, 3.05) is 26.2 Å². The first-order chi connectivity index (χ1) is 13.3. The van der Waals surface area contributed by atoms with Gasteiger partial charge < -0.3 is 9.80 Å². The van der Waals surface area contributed by atoms with E-state index >= 15 is 0 Å². The number of piperidine rings is 1. The molecule has 148 valence electrons. The molecule has 0 spiro atoms. The number of aromatic amines is 1. The molecule has 2 atom stereocenters. The number of halogens is 1. The summed E-state index contributed by atoms with van der Waals surface area (Å²) < 4.78 is 13.9. The van der Waals surface area contributed by atoms with Crippen molar-refractivity contribution >= 4 is 11.8 Å². The fourth-order valence-corrected chi connectivity index (χ4v) is 4.45. The van der Waals surface area contributed by atoms with Crippen molar-refractivity contribution in [3.8, 4) is 0 Å². The quantitative estimate of drug-likeness (QED) is 0.855. The van der Waals surface area contributed by atoms with E-state index in [0.29, 0.717) is 49.6 Å². The third-order valence-corrected chi connectivity index (χ3v) is 6.16. The summed E-state index contributed by atoms with van der Waals surface area (Å²) in [6.07, 6.45) is 0.665. The number of aromatic nitrogens is 3. The van der Waals surface area contributed by atoms with E-state index in [1.54, 1.807) is 30.9 Å². The van der Waals surface area contributed by atoms with Crippen LogP contribution in [0.1, 0.15) is 40.9 Å². The van der Waals surface area contributed by atoms with Crippen molar-refractivity contribution in [1.82, 2.24) is 25.0 Å². The zero-order chi connectivity index (χ0) is 20.1. The zero-order valence-electron chi connectivity index (χ0n) is 16.3. The van der Waals surface area contributed by atoms with E-state index in [-0.39, 0.29) is 29.0 Å². The molecule has 0 radical (unpaired) electrons. The maximum atomic E-state index is 13.9. The van der Waals surface area contributed by atoms with Gasteiger partial charge in [-0.2, -0.15) is 5.10 Å². The fourth-order valence-electron chi connectivity index (χ4n) is 4.45. The van der Waals surface area contributed by atoms with Crippen LogP contribution in [0.25, 0.3) is 0 Å². The standard InChI is InChI=1S/C20H24FN5O2/c1-12-4-5-15(8-17(12)21)18(28)25-7-6-20(19-22-13(2)23-24-19)11-26(14(3)27)10-16(20)9-25/h4-5,8,16H,6-7,9-11H2,1-3H3,(H,22,23,24). The number of aryl methyl sites for hydroxylation is 2. The number of nitrogens with zero attached hydrogens (tertiary/aromatic N) is 4. The number of carbonyl (C=O) groups is 2. The fraction of sp³-hybridized carbons (Fsp3) is 0.500. The Bertz CT molecular complexity index is 942. The molecule has 0 aliphatic carbocycles. The number of amides is 2. The number of hydrogen-bond donors (Lipinski definition) is 1. The van der Waals surface area contributed by atoms with Crippen molar-refractivity contribution in [3.63, 3.8) is 0 Å². The van der Waals surface area contributed by atoms with Crippen LogP contribution in [0.2, 0.25) is 0 Å². The lowest BCUT2D eigenvalue weighted by Gasteiger charge is -2.41. The summed E-state index contributed by atoms with van der Waals surface area (Å²) in [5.41, 5.74) is 0.513. The summed E-state index contributed by atoms with van der Waals surface area (Å²) in [5.74, 6) is 0.946.